The van der Waals surface area contributed by atoms with E-state index in [1.165, 1.54) is 29.3 Å². The number of halogens is 1. The van der Waals surface area contributed by atoms with Crippen LogP contribution in [0.1, 0.15) is 27.8 Å². The number of hydrogen-bond acceptors (Lipinski definition) is 4. The molecular weight excluding hydrogens is 375 g/mol. The van der Waals surface area contributed by atoms with Crippen LogP contribution in [-0.2, 0) is 4.79 Å². The van der Waals surface area contributed by atoms with Crippen molar-refractivity contribution in [1.82, 2.24) is 19.8 Å². The van der Waals surface area contributed by atoms with E-state index in [-0.39, 0.29) is 24.1 Å². The number of nitrogens with zero attached hydrogens (tertiary/aromatic N) is 3. The molecule has 0 saturated carbocycles. The van der Waals surface area contributed by atoms with Gasteiger partial charge < -0.3 is 14.8 Å². The second-order valence-corrected chi connectivity index (χ2v) is 7.04. The van der Waals surface area contributed by atoms with Crippen LogP contribution < -0.4 is 0 Å². The molecule has 0 spiro atoms. The second kappa shape index (κ2) is 7.46. The maximum Gasteiger partial charge on any atom is 0.295 e. The lowest BCUT2D eigenvalue weighted by Gasteiger charge is -2.39. The van der Waals surface area contributed by atoms with Crippen molar-refractivity contribution in [2.24, 2.45) is 0 Å². The van der Waals surface area contributed by atoms with Crippen molar-refractivity contribution in [2.45, 2.75) is 13.0 Å². The molecule has 1 saturated heterocycles. The number of fused-ring (bicyclic) bond motifs is 1. The Bertz CT molecular complexity index is 1100. The van der Waals surface area contributed by atoms with Gasteiger partial charge in [-0.3, -0.25) is 19.4 Å². The summed E-state index contributed by atoms with van der Waals surface area (Å²) >= 11 is 0. The molecule has 3 aromatic rings. The molecule has 1 atom stereocenters. The summed E-state index contributed by atoms with van der Waals surface area (Å²) < 4.78 is 13.6. The highest BCUT2D eigenvalue weighted by Crippen LogP contribution is 2.22. The van der Waals surface area contributed by atoms with E-state index in [1.54, 1.807) is 36.2 Å². The molecule has 29 heavy (non-hydrogen) atoms. The maximum absolute atomic E-state index is 13.6. The molecule has 0 radical (unpaired) electrons. The van der Waals surface area contributed by atoms with E-state index in [4.69, 9.17) is 0 Å². The Balaban J connectivity index is 1.49. The molecule has 1 fully saturated rings. The molecule has 2 amide bonds. The molecule has 1 N–H and O–H groups in total. The number of aromatic nitrogens is 2. The first-order valence-electron chi connectivity index (χ1n) is 9.28. The van der Waals surface area contributed by atoms with E-state index in [1.807, 2.05) is 0 Å². The number of nitrogens with one attached hydrogen (secondary N) is 1. The number of Topliss-reactive ketones (excluding diaryl/α,β-unsaturated/α-hetero) is 1. The highest BCUT2D eigenvalue weighted by Gasteiger charge is 2.34. The first kappa shape index (κ1) is 18.8. The van der Waals surface area contributed by atoms with E-state index >= 15 is 0 Å². The molecule has 4 rings (SSSR count). The first-order chi connectivity index (χ1) is 14.0. The van der Waals surface area contributed by atoms with Gasteiger partial charge in [0.1, 0.15) is 11.5 Å². The number of amides is 2. The van der Waals surface area contributed by atoms with Crippen LogP contribution in [0.15, 0.2) is 48.8 Å². The summed E-state index contributed by atoms with van der Waals surface area (Å²) in [6.45, 7) is 2.64. The predicted molar refractivity (Wildman–Crippen MR) is 104 cm³/mol. The third-order valence-corrected chi connectivity index (χ3v) is 5.14. The minimum Gasteiger partial charge on any atom is -0.360 e. The lowest BCUT2D eigenvalue weighted by molar-refractivity contribution is -0.130. The van der Waals surface area contributed by atoms with E-state index in [0.717, 1.165) is 0 Å². The standard InChI is InChI=1S/C21H19FN4O3/c1-13-12-25(20(28)18-4-2-3-7-23-18)8-9-26(13)21(29)19(27)16-11-24-17-6-5-14(22)10-15(16)17/h2-7,10-11,13,24H,8-9,12H2,1H3/t13-/m1/s1. The summed E-state index contributed by atoms with van der Waals surface area (Å²) in [6.07, 6.45) is 2.98. The van der Waals surface area contributed by atoms with Gasteiger partial charge in [-0.25, -0.2) is 4.39 Å². The summed E-state index contributed by atoms with van der Waals surface area (Å²) in [5, 5.41) is 0.375. The fraction of sp³-hybridized carbons (Fsp3) is 0.238. The highest BCUT2D eigenvalue weighted by molar-refractivity contribution is 6.44. The van der Waals surface area contributed by atoms with Gasteiger partial charge in [-0.1, -0.05) is 6.07 Å². The van der Waals surface area contributed by atoms with Gasteiger partial charge in [-0.2, -0.15) is 0 Å². The van der Waals surface area contributed by atoms with Gasteiger partial charge in [0.05, 0.1) is 5.56 Å². The number of pyridine rings is 1. The van der Waals surface area contributed by atoms with Gasteiger partial charge in [-0.15, -0.1) is 0 Å². The Morgan fingerprint density at radius 3 is 2.72 bits per heavy atom. The van der Waals surface area contributed by atoms with E-state index in [0.29, 0.717) is 29.7 Å². The Morgan fingerprint density at radius 2 is 2.00 bits per heavy atom. The topological polar surface area (TPSA) is 86.4 Å². The molecule has 0 aliphatic carbocycles. The summed E-state index contributed by atoms with van der Waals surface area (Å²) in [5.41, 5.74) is 1.07. The fourth-order valence-electron chi connectivity index (χ4n) is 3.62. The molecule has 7 nitrogen and oxygen atoms in total. The molecule has 8 heteroatoms. The number of rotatable bonds is 3. The molecule has 1 aliphatic rings. The van der Waals surface area contributed by atoms with Crippen molar-refractivity contribution in [1.29, 1.82) is 0 Å². The summed E-state index contributed by atoms with van der Waals surface area (Å²) in [4.78, 5) is 48.2. The SMILES string of the molecule is C[C@@H]1CN(C(=O)c2ccccn2)CCN1C(=O)C(=O)c1c[nH]c2ccc(F)cc12. The fourth-order valence-corrected chi connectivity index (χ4v) is 3.62. The van der Waals surface area contributed by atoms with Crippen LogP contribution in [0.5, 0.6) is 0 Å². The zero-order chi connectivity index (χ0) is 20.5. The van der Waals surface area contributed by atoms with Crippen LogP contribution in [0.4, 0.5) is 4.39 Å². The minimum absolute atomic E-state index is 0.142. The monoisotopic (exact) mass is 394 g/mol. The average molecular weight is 394 g/mol. The Labute approximate surface area is 166 Å². The number of H-pyrrole nitrogens is 1. The Hall–Kier alpha value is -3.55. The van der Waals surface area contributed by atoms with Crippen molar-refractivity contribution >= 4 is 28.5 Å². The third kappa shape index (κ3) is 3.49. The van der Waals surface area contributed by atoms with Crippen molar-refractivity contribution in [3.63, 3.8) is 0 Å². The molecule has 0 unspecified atom stereocenters. The van der Waals surface area contributed by atoms with Crippen LogP contribution in [0.2, 0.25) is 0 Å². The van der Waals surface area contributed by atoms with Gasteiger partial charge in [-0.05, 0) is 37.3 Å². The summed E-state index contributed by atoms with van der Waals surface area (Å²) in [6, 6.07) is 8.83. The molecule has 148 valence electrons. The molecular formula is C21H19FN4O3. The van der Waals surface area contributed by atoms with Crippen LogP contribution in [0, 0.1) is 5.82 Å². The Kier molecular flexibility index (Phi) is 4.84. The van der Waals surface area contributed by atoms with Gasteiger partial charge in [0, 0.05) is 49.0 Å². The second-order valence-electron chi connectivity index (χ2n) is 7.04. The van der Waals surface area contributed by atoms with Crippen LogP contribution in [0.25, 0.3) is 10.9 Å². The van der Waals surface area contributed by atoms with Crippen LogP contribution in [-0.4, -0.2) is 63.0 Å². The van der Waals surface area contributed by atoms with Gasteiger partial charge >= 0.3 is 0 Å². The number of aromatic amines is 1. The van der Waals surface area contributed by atoms with Crippen molar-refractivity contribution < 1.29 is 18.8 Å². The van der Waals surface area contributed by atoms with E-state index in [2.05, 4.69) is 9.97 Å². The number of ketones is 1. The van der Waals surface area contributed by atoms with E-state index < -0.39 is 17.5 Å². The van der Waals surface area contributed by atoms with Crippen LogP contribution in [0.3, 0.4) is 0 Å². The molecule has 1 aliphatic heterocycles. The first-order valence-corrected chi connectivity index (χ1v) is 9.28. The van der Waals surface area contributed by atoms with Crippen molar-refractivity contribution in [3.8, 4) is 0 Å². The molecule has 2 aromatic heterocycles. The molecule has 1 aromatic carbocycles. The number of carbonyl (C=O) groups is 3. The predicted octanol–water partition coefficient (Wildman–Crippen LogP) is 2.26. The third-order valence-electron chi connectivity index (χ3n) is 5.14. The molecule has 0 bridgehead atoms. The lowest BCUT2D eigenvalue weighted by atomic mass is 10.1. The smallest absolute Gasteiger partial charge is 0.295 e. The normalized spacial score (nSPS) is 16.8. The summed E-state index contributed by atoms with van der Waals surface area (Å²) in [5.74, 6) is -2.04. The van der Waals surface area contributed by atoms with Gasteiger partial charge in [0.25, 0.3) is 17.6 Å². The minimum atomic E-state index is -0.696. The largest absolute Gasteiger partial charge is 0.360 e. The summed E-state index contributed by atoms with van der Waals surface area (Å²) in [7, 11) is 0. The quantitative estimate of drug-likeness (QED) is 0.545. The van der Waals surface area contributed by atoms with Gasteiger partial charge in [0.15, 0.2) is 0 Å². The number of hydrogen-bond donors (Lipinski definition) is 1. The number of piperazine rings is 1. The van der Waals surface area contributed by atoms with Crippen LogP contribution >= 0.6 is 0 Å². The zero-order valence-corrected chi connectivity index (χ0v) is 15.8. The number of benzene rings is 1. The average Bonchev–Trinajstić information content (AvgIpc) is 3.15. The molecule has 3 heterocycles. The van der Waals surface area contributed by atoms with Crippen molar-refractivity contribution in [3.05, 3.63) is 65.9 Å². The van der Waals surface area contributed by atoms with Crippen molar-refractivity contribution in [2.75, 3.05) is 19.6 Å². The Morgan fingerprint density at radius 1 is 1.17 bits per heavy atom. The maximum atomic E-state index is 13.6. The highest BCUT2D eigenvalue weighted by atomic mass is 19.1. The van der Waals surface area contributed by atoms with E-state index in [9.17, 15) is 18.8 Å². The number of carbonyl (C=O) groups excluding carboxylic acids is 3. The zero-order valence-electron chi connectivity index (χ0n) is 15.8. The lowest BCUT2D eigenvalue weighted by Crippen LogP contribution is -2.56. The van der Waals surface area contributed by atoms with Gasteiger partial charge in [0.2, 0.25) is 0 Å².